The van der Waals surface area contributed by atoms with Crippen LogP contribution in [0, 0.1) is 3.57 Å². The molecule has 0 spiro atoms. The molecule has 20 heavy (non-hydrogen) atoms. The highest BCUT2D eigenvalue weighted by molar-refractivity contribution is 14.1. The first-order valence-electron chi connectivity index (χ1n) is 6.60. The Balaban J connectivity index is 1.87. The molecule has 3 aromatic carbocycles. The lowest BCUT2D eigenvalue weighted by molar-refractivity contribution is 0.945. The van der Waals surface area contributed by atoms with Crippen LogP contribution in [-0.4, -0.2) is 0 Å². The van der Waals surface area contributed by atoms with Crippen LogP contribution in [0.3, 0.4) is 0 Å². The highest BCUT2D eigenvalue weighted by atomic mass is 127. The summed E-state index contributed by atoms with van der Waals surface area (Å²) in [5, 5.41) is 2.61. The zero-order chi connectivity index (χ0) is 13.9. The summed E-state index contributed by atoms with van der Waals surface area (Å²) < 4.78 is 1.31. The molecule has 3 rings (SSSR count). The molecule has 0 saturated carbocycles. The van der Waals surface area contributed by atoms with Crippen LogP contribution in [0.4, 0.5) is 0 Å². The van der Waals surface area contributed by atoms with E-state index in [1.807, 2.05) is 0 Å². The Hall–Kier alpha value is -0.870. The molecule has 0 aliphatic rings. The molecule has 2 heteroatoms. The molecule has 0 saturated heterocycles. The first kappa shape index (κ1) is 14.1. The molecule has 1 atom stereocenters. The largest absolute Gasteiger partial charge is 0.0835 e. The zero-order valence-corrected chi connectivity index (χ0v) is 14.6. The summed E-state index contributed by atoms with van der Waals surface area (Å²) in [6.07, 6.45) is 1.00. The first-order valence-corrected chi connectivity index (χ1v) is 8.59. The third-order valence-electron chi connectivity index (χ3n) is 3.47. The van der Waals surface area contributed by atoms with Crippen molar-refractivity contribution in [3.63, 3.8) is 0 Å². The van der Waals surface area contributed by atoms with Crippen LogP contribution in [0.25, 0.3) is 10.8 Å². The van der Waals surface area contributed by atoms with Gasteiger partial charge >= 0.3 is 0 Å². The van der Waals surface area contributed by atoms with E-state index in [9.17, 15) is 0 Å². The van der Waals surface area contributed by atoms with Crippen molar-refractivity contribution in [2.24, 2.45) is 0 Å². The van der Waals surface area contributed by atoms with Crippen LogP contribution in [0.2, 0.25) is 0 Å². The minimum absolute atomic E-state index is 0.358. The van der Waals surface area contributed by atoms with E-state index >= 15 is 0 Å². The van der Waals surface area contributed by atoms with Crippen molar-refractivity contribution in [2.75, 3.05) is 0 Å². The van der Waals surface area contributed by atoms with Gasteiger partial charge in [-0.2, -0.15) is 0 Å². The van der Waals surface area contributed by atoms with Gasteiger partial charge in [0.05, 0.1) is 0 Å². The fourth-order valence-electron chi connectivity index (χ4n) is 2.41. The molecule has 0 bridgehead atoms. The Morgan fingerprint density at radius 3 is 2.35 bits per heavy atom. The minimum atomic E-state index is 0.358. The predicted octanol–water partition coefficient (Wildman–Crippen LogP) is 6.12. The van der Waals surface area contributed by atoms with E-state index in [0.29, 0.717) is 4.83 Å². The highest BCUT2D eigenvalue weighted by Crippen LogP contribution is 2.31. The van der Waals surface area contributed by atoms with Gasteiger partial charge in [-0.1, -0.05) is 76.6 Å². The van der Waals surface area contributed by atoms with Gasteiger partial charge in [0.2, 0.25) is 0 Å². The monoisotopic (exact) mass is 436 g/mol. The average molecular weight is 437 g/mol. The van der Waals surface area contributed by atoms with Gasteiger partial charge in [0.1, 0.15) is 0 Å². The van der Waals surface area contributed by atoms with Gasteiger partial charge in [0.15, 0.2) is 0 Å². The minimum Gasteiger partial charge on any atom is -0.0835 e. The second-order valence-electron chi connectivity index (χ2n) is 4.87. The van der Waals surface area contributed by atoms with Crippen molar-refractivity contribution in [2.45, 2.75) is 11.2 Å². The van der Waals surface area contributed by atoms with Crippen molar-refractivity contribution >= 4 is 49.3 Å². The van der Waals surface area contributed by atoms with Crippen LogP contribution in [-0.2, 0) is 6.42 Å². The van der Waals surface area contributed by atoms with Crippen LogP contribution < -0.4 is 0 Å². The number of hydrogen-bond donors (Lipinski definition) is 0. The lowest BCUT2D eigenvalue weighted by atomic mass is 10.0. The highest BCUT2D eigenvalue weighted by Gasteiger charge is 2.11. The fourth-order valence-corrected chi connectivity index (χ4v) is 4.38. The molecule has 0 nitrogen and oxygen atoms in total. The quantitative estimate of drug-likeness (QED) is 0.342. The summed E-state index contributed by atoms with van der Waals surface area (Å²) in [5.41, 5.74) is 2.73. The Kier molecular flexibility index (Phi) is 4.41. The van der Waals surface area contributed by atoms with Crippen LogP contribution in [0.15, 0.2) is 66.7 Å². The Bertz CT molecular complexity index is 736. The van der Waals surface area contributed by atoms with Gasteiger partial charge < -0.3 is 0 Å². The number of benzene rings is 3. The zero-order valence-electron chi connectivity index (χ0n) is 10.9. The maximum Gasteiger partial charge on any atom is 0.0446 e. The molecular weight excluding hydrogens is 423 g/mol. The van der Waals surface area contributed by atoms with E-state index in [0.717, 1.165) is 6.42 Å². The molecule has 0 aliphatic carbocycles. The van der Waals surface area contributed by atoms with E-state index < -0.39 is 0 Å². The van der Waals surface area contributed by atoms with Gasteiger partial charge in [-0.15, -0.1) is 0 Å². The van der Waals surface area contributed by atoms with E-state index in [2.05, 4.69) is 105 Å². The summed E-state index contributed by atoms with van der Waals surface area (Å²) in [7, 11) is 0. The van der Waals surface area contributed by atoms with Gasteiger partial charge in [-0.05, 0) is 57.0 Å². The van der Waals surface area contributed by atoms with E-state index in [4.69, 9.17) is 0 Å². The topological polar surface area (TPSA) is 0 Å². The standard InChI is InChI=1S/C18H14BrI/c19-17(16-7-3-4-8-18(16)20)12-13-9-10-14-5-1-2-6-15(14)11-13/h1-11,17H,12H2. The van der Waals surface area contributed by atoms with Crippen molar-refractivity contribution in [3.05, 3.63) is 81.4 Å². The molecule has 0 radical (unpaired) electrons. The molecule has 0 aromatic heterocycles. The second kappa shape index (κ2) is 6.27. The van der Waals surface area contributed by atoms with Gasteiger partial charge in [-0.25, -0.2) is 0 Å². The van der Waals surface area contributed by atoms with Crippen molar-refractivity contribution in [3.8, 4) is 0 Å². The van der Waals surface area contributed by atoms with E-state index in [1.54, 1.807) is 0 Å². The summed E-state index contributed by atoms with van der Waals surface area (Å²) in [6, 6.07) is 23.8. The number of fused-ring (bicyclic) bond motifs is 1. The molecule has 0 amide bonds. The van der Waals surface area contributed by atoms with Crippen LogP contribution in [0.1, 0.15) is 16.0 Å². The van der Waals surface area contributed by atoms with Crippen LogP contribution >= 0.6 is 38.5 Å². The molecule has 0 aliphatic heterocycles. The molecule has 100 valence electrons. The molecule has 0 heterocycles. The lowest BCUT2D eigenvalue weighted by Crippen LogP contribution is -1.97. The summed E-state index contributed by atoms with van der Waals surface area (Å²) in [6.45, 7) is 0. The van der Waals surface area contributed by atoms with Crippen molar-refractivity contribution < 1.29 is 0 Å². The normalized spacial score (nSPS) is 12.5. The third-order valence-corrected chi connectivity index (χ3v) is 5.27. The van der Waals surface area contributed by atoms with Crippen molar-refractivity contribution in [1.29, 1.82) is 0 Å². The Morgan fingerprint density at radius 1 is 0.850 bits per heavy atom. The second-order valence-corrected chi connectivity index (χ2v) is 7.14. The summed E-state index contributed by atoms with van der Waals surface area (Å²) in [5.74, 6) is 0. The summed E-state index contributed by atoms with van der Waals surface area (Å²) in [4.78, 5) is 0.358. The Labute approximate surface area is 141 Å². The maximum absolute atomic E-state index is 3.83. The first-order chi connectivity index (χ1) is 9.74. The SMILES string of the molecule is BrC(Cc1ccc2ccccc2c1)c1ccccc1I. The number of rotatable bonds is 3. The van der Waals surface area contributed by atoms with Gasteiger partial charge in [-0.3, -0.25) is 0 Å². The van der Waals surface area contributed by atoms with Crippen molar-refractivity contribution in [1.82, 2.24) is 0 Å². The molecule has 3 aromatic rings. The van der Waals surface area contributed by atoms with Gasteiger partial charge in [0, 0.05) is 8.40 Å². The summed E-state index contributed by atoms with van der Waals surface area (Å²) >= 11 is 6.24. The smallest absolute Gasteiger partial charge is 0.0446 e. The van der Waals surface area contributed by atoms with Crippen LogP contribution in [0.5, 0.6) is 0 Å². The third kappa shape index (κ3) is 3.07. The predicted molar refractivity (Wildman–Crippen MR) is 98.5 cm³/mol. The number of halogens is 2. The van der Waals surface area contributed by atoms with Gasteiger partial charge in [0.25, 0.3) is 0 Å². The molecular formula is C18H14BrI. The van der Waals surface area contributed by atoms with E-state index in [1.165, 1.54) is 25.5 Å². The fraction of sp³-hybridized carbons (Fsp3) is 0.111. The lowest BCUT2D eigenvalue weighted by Gasteiger charge is -2.13. The molecule has 0 fully saturated rings. The number of alkyl halides is 1. The average Bonchev–Trinajstić information content (AvgIpc) is 2.47. The molecule has 1 unspecified atom stereocenters. The Morgan fingerprint density at radius 2 is 1.55 bits per heavy atom. The molecule has 0 N–H and O–H groups in total. The van der Waals surface area contributed by atoms with E-state index in [-0.39, 0.29) is 0 Å². The number of hydrogen-bond acceptors (Lipinski definition) is 0. The maximum atomic E-state index is 3.83.